The Labute approximate surface area is 126 Å². The molecular weight excluding hydrogens is 282 g/mol. The van der Waals surface area contributed by atoms with Crippen LogP contribution in [0.1, 0.15) is 40.5 Å². The second-order valence-electron chi connectivity index (χ2n) is 5.67. The van der Waals surface area contributed by atoms with Gasteiger partial charge in [0.1, 0.15) is 0 Å². The summed E-state index contributed by atoms with van der Waals surface area (Å²) in [5.41, 5.74) is 3.20. The lowest BCUT2D eigenvalue weighted by molar-refractivity contribution is 0.102. The highest BCUT2D eigenvalue weighted by molar-refractivity contribution is 6.12. The molecule has 0 bridgehead atoms. The lowest BCUT2D eigenvalue weighted by Crippen LogP contribution is -2.13. The summed E-state index contributed by atoms with van der Waals surface area (Å²) in [5, 5.41) is 11.5. The van der Waals surface area contributed by atoms with Gasteiger partial charge in [-0.05, 0) is 25.8 Å². The van der Waals surface area contributed by atoms with Gasteiger partial charge in [-0.3, -0.25) is 9.48 Å². The number of aromatic nitrogens is 4. The molecule has 3 aromatic rings. The Morgan fingerprint density at radius 3 is 2.95 bits per heavy atom. The molecule has 3 aromatic heterocycles. The predicted molar refractivity (Wildman–Crippen MR) is 79.7 cm³/mol. The Kier molecular flexibility index (Phi) is 2.75. The van der Waals surface area contributed by atoms with E-state index in [0.29, 0.717) is 34.0 Å². The van der Waals surface area contributed by atoms with E-state index in [1.165, 1.54) is 0 Å². The summed E-state index contributed by atoms with van der Waals surface area (Å²) in [7, 11) is 1.80. The quantitative estimate of drug-likeness (QED) is 0.802. The molecule has 1 saturated carbocycles. The Morgan fingerprint density at radius 1 is 1.45 bits per heavy atom. The fourth-order valence-electron chi connectivity index (χ4n) is 2.57. The zero-order valence-corrected chi connectivity index (χ0v) is 12.3. The molecule has 1 aliphatic carbocycles. The molecular formula is C15H15N5O2. The molecule has 1 N–H and O–H groups in total. The molecule has 0 aromatic carbocycles. The van der Waals surface area contributed by atoms with Crippen molar-refractivity contribution in [3.05, 3.63) is 35.4 Å². The molecule has 0 atom stereocenters. The molecule has 1 aliphatic rings. The Morgan fingerprint density at radius 2 is 2.27 bits per heavy atom. The summed E-state index contributed by atoms with van der Waals surface area (Å²) in [5.74, 6) is 0.230. The third kappa shape index (κ3) is 2.14. The first-order valence-electron chi connectivity index (χ1n) is 7.19. The number of pyridine rings is 1. The van der Waals surface area contributed by atoms with E-state index < -0.39 is 0 Å². The molecule has 0 saturated heterocycles. The zero-order chi connectivity index (χ0) is 15.3. The maximum Gasteiger partial charge on any atom is 0.259 e. The van der Waals surface area contributed by atoms with E-state index in [9.17, 15) is 4.79 Å². The molecule has 0 spiro atoms. The van der Waals surface area contributed by atoms with Gasteiger partial charge < -0.3 is 9.84 Å². The minimum absolute atomic E-state index is 0.200. The molecule has 1 fully saturated rings. The summed E-state index contributed by atoms with van der Waals surface area (Å²) in [4.78, 5) is 17.1. The molecule has 7 nitrogen and oxygen atoms in total. The summed E-state index contributed by atoms with van der Waals surface area (Å²) < 4.78 is 6.89. The molecule has 3 heterocycles. The maximum absolute atomic E-state index is 12.6. The normalized spacial score (nSPS) is 14.5. The van der Waals surface area contributed by atoms with Crippen molar-refractivity contribution in [1.29, 1.82) is 0 Å². The Bertz CT molecular complexity index is 875. The summed E-state index contributed by atoms with van der Waals surface area (Å²) in [6.07, 6.45) is 5.57. The van der Waals surface area contributed by atoms with Crippen LogP contribution in [0.2, 0.25) is 0 Å². The number of fused-ring (bicyclic) bond motifs is 1. The van der Waals surface area contributed by atoms with Crippen molar-refractivity contribution in [3.8, 4) is 0 Å². The van der Waals surface area contributed by atoms with Gasteiger partial charge in [0, 0.05) is 24.9 Å². The molecule has 0 unspecified atom stereocenters. The molecule has 22 heavy (non-hydrogen) atoms. The fourth-order valence-corrected chi connectivity index (χ4v) is 2.57. The molecule has 1 amide bonds. The maximum atomic E-state index is 12.6. The third-order valence-corrected chi connectivity index (χ3v) is 3.84. The van der Waals surface area contributed by atoms with Gasteiger partial charge in [-0.25, -0.2) is 4.98 Å². The average molecular weight is 297 g/mol. The van der Waals surface area contributed by atoms with Gasteiger partial charge in [-0.2, -0.15) is 5.10 Å². The van der Waals surface area contributed by atoms with E-state index in [1.807, 2.05) is 13.0 Å². The van der Waals surface area contributed by atoms with Crippen LogP contribution in [0.4, 0.5) is 5.69 Å². The monoisotopic (exact) mass is 297 g/mol. The minimum atomic E-state index is -0.200. The number of amides is 1. The number of hydrogen-bond acceptors (Lipinski definition) is 5. The van der Waals surface area contributed by atoms with Gasteiger partial charge in [0.25, 0.3) is 11.6 Å². The van der Waals surface area contributed by atoms with E-state index in [1.54, 1.807) is 24.1 Å². The minimum Gasteiger partial charge on any atom is -0.336 e. The lowest BCUT2D eigenvalue weighted by atomic mass is 10.1. The number of carbonyl (C=O) groups is 1. The molecule has 112 valence electrons. The van der Waals surface area contributed by atoms with Gasteiger partial charge in [0.2, 0.25) is 0 Å². The number of nitrogens with one attached hydrogen (secondary N) is 1. The van der Waals surface area contributed by atoms with Crippen LogP contribution in [0.5, 0.6) is 0 Å². The van der Waals surface area contributed by atoms with E-state index >= 15 is 0 Å². The van der Waals surface area contributed by atoms with Crippen molar-refractivity contribution < 1.29 is 9.32 Å². The van der Waals surface area contributed by atoms with Crippen LogP contribution in [0.25, 0.3) is 11.1 Å². The Hall–Kier alpha value is -2.70. The summed E-state index contributed by atoms with van der Waals surface area (Å²) >= 11 is 0. The first-order valence-corrected chi connectivity index (χ1v) is 7.19. The van der Waals surface area contributed by atoms with Crippen molar-refractivity contribution in [2.24, 2.45) is 7.05 Å². The largest absolute Gasteiger partial charge is 0.336 e. The Balaban J connectivity index is 1.78. The smallest absolute Gasteiger partial charge is 0.259 e. The lowest BCUT2D eigenvalue weighted by Gasteiger charge is -2.06. The molecule has 4 rings (SSSR count). The van der Waals surface area contributed by atoms with E-state index in [2.05, 4.69) is 20.6 Å². The van der Waals surface area contributed by atoms with Crippen molar-refractivity contribution in [3.63, 3.8) is 0 Å². The third-order valence-electron chi connectivity index (χ3n) is 3.84. The number of anilines is 1. The average Bonchev–Trinajstić information content (AvgIpc) is 3.18. The highest BCUT2D eigenvalue weighted by atomic mass is 16.5. The number of hydrogen-bond donors (Lipinski definition) is 1. The number of nitrogens with zero attached hydrogens (tertiary/aromatic N) is 4. The summed E-state index contributed by atoms with van der Waals surface area (Å²) in [6, 6.07) is 1.86. The summed E-state index contributed by atoms with van der Waals surface area (Å²) in [6.45, 7) is 1.81. The molecule has 0 radical (unpaired) electrons. The molecule has 0 aliphatic heterocycles. The van der Waals surface area contributed by atoms with Gasteiger partial charge in [-0.1, -0.05) is 5.16 Å². The molecule has 7 heteroatoms. The second-order valence-corrected chi connectivity index (χ2v) is 5.67. The van der Waals surface area contributed by atoms with Crippen molar-refractivity contribution in [2.45, 2.75) is 25.7 Å². The van der Waals surface area contributed by atoms with Crippen molar-refractivity contribution >= 4 is 22.7 Å². The van der Waals surface area contributed by atoms with E-state index in [4.69, 9.17) is 4.52 Å². The number of aryl methyl sites for hydroxylation is 2. The topological polar surface area (TPSA) is 85.8 Å². The SMILES string of the molecule is Cc1noc2nc(C3CC3)cc(C(=O)Nc3cnn(C)c3)c12. The van der Waals surface area contributed by atoms with Crippen molar-refractivity contribution in [2.75, 3.05) is 5.32 Å². The van der Waals surface area contributed by atoms with Crippen LogP contribution in [-0.2, 0) is 7.05 Å². The number of carbonyl (C=O) groups excluding carboxylic acids is 1. The van der Waals surface area contributed by atoms with Gasteiger partial charge in [-0.15, -0.1) is 0 Å². The van der Waals surface area contributed by atoms with Crippen LogP contribution in [0.3, 0.4) is 0 Å². The highest BCUT2D eigenvalue weighted by Gasteiger charge is 2.28. The van der Waals surface area contributed by atoms with Crippen LogP contribution in [-0.4, -0.2) is 25.8 Å². The first kappa shape index (κ1) is 13.0. The van der Waals surface area contributed by atoms with Crippen LogP contribution in [0.15, 0.2) is 23.0 Å². The van der Waals surface area contributed by atoms with E-state index in [-0.39, 0.29) is 5.91 Å². The fraction of sp³-hybridized carbons (Fsp3) is 0.333. The van der Waals surface area contributed by atoms with Gasteiger partial charge >= 0.3 is 0 Å². The van der Waals surface area contributed by atoms with Crippen LogP contribution >= 0.6 is 0 Å². The van der Waals surface area contributed by atoms with Crippen LogP contribution < -0.4 is 5.32 Å². The van der Waals surface area contributed by atoms with E-state index in [0.717, 1.165) is 18.5 Å². The number of rotatable bonds is 3. The first-order chi connectivity index (χ1) is 10.6. The zero-order valence-electron chi connectivity index (χ0n) is 12.3. The van der Waals surface area contributed by atoms with Gasteiger partial charge in [0.15, 0.2) is 0 Å². The standard InChI is InChI=1S/C15H15N5O2/c1-8-13-11(14(21)17-10-6-16-20(2)7-10)5-12(9-3-4-9)18-15(13)22-19-8/h5-7,9H,3-4H2,1-2H3,(H,17,21). The predicted octanol–water partition coefficient (Wildman–Crippen LogP) is 2.39. The highest BCUT2D eigenvalue weighted by Crippen LogP contribution is 2.40. The van der Waals surface area contributed by atoms with Crippen LogP contribution in [0, 0.1) is 6.92 Å². The van der Waals surface area contributed by atoms with Gasteiger partial charge in [0.05, 0.1) is 28.5 Å². The van der Waals surface area contributed by atoms with Crippen molar-refractivity contribution in [1.82, 2.24) is 19.9 Å². The second kappa shape index (κ2) is 4.66.